The molecule has 1 aromatic carbocycles. The monoisotopic (exact) mass is 303 g/mol. The second-order valence-electron chi connectivity index (χ2n) is 5.18. The average Bonchev–Trinajstić information content (AvgIpc) is 2.90. The molecule has 1 heterocycles. The molecule has 0 aliphatic heterocycles. The van der Waals surface area contributed by atoms with Gasteiger partial charge in [0.15, 0.2) is 0 Å². The van der Waals surface area contributed by atoms with E-state index in [0.29, 0.717) is 13.0 Å². The minimum atomic E-state index is -0.463. The van der Waals surface area contributed by atoms with Gasteiger partial charge in [0.2, 0.25) is 5.91 Å². The first-order valence-corrected chi connectivity index (χ1v) is 7.89. The van der Waals surface area contributed by atoms with Gasteiger partial charge >= 0.3 is 0 Å². The topological polar surface area (TPSA) is 59.2 Å². The van der Waals surface area contributed by atoms with Gasteiger partial charge in [0.1, 0.15) is 0 Å². The molecule has 21 heavy (non-hydrogen) atoms. The molecule has 1 unspecified atom stereocenters. The van der Waals surface area contributed by atoms with E-state index in [4.69, 9.17) is 5.73 Å². The third-order valence-electron chi connectivity index (χ3n) is 3.35. The van der Waals surface area contributed by atoms with E-state index in [9.17, 15) is 4.79 Å². The normalized spacial score (nSPS) is 12.1. The number of benzene rings is 1. The lowest BCUT2D eigenvalue weighted by Gasteiger charge is -2.20. The summed E-state index contributed by atoms with van der Waals surface area (Å²) in [4.78, 5) is 18.3. The fraction of sp³-hybridized carbons (Fsp3) is 0.375. The highest BCUT2D eigenvalue weighted by Crippen LogP contribution is 2.11. The highest BCUT2D eigenvalue weighted by Gasteiger charge is 2.18. The number of hydrogen-bond donors (Lipinski definition) is 1. The van der Waals surface area contributed by atoms with Crippen LogP contribution in [0.15, 0.2) is 35.7 Å². The number of aryl methyl sites for hydroxylation is 2. The number of amides is 1. The Balaban J connectivity index is 1.83. The second-order valence-corrected chi connectivity index (χ2v) is 6.25. The molecule has 0 saturated carbocycles. The summed E-state index contributed by atoms with van der Waals surface area (Å²) in [7, 11) is 1.78. The van der Waals surface area contributed by atoms with E-state index in [1.807, 2.05) is 30.5 Å². The number of nitrogens with zero attached hydrogens (tertiary/aromatic N) is 2. The van der Waals surface area contributed by atoms with Crippen molar-refractivity contribution in [3.05, 3.63) is 52.0 Å². The molecule has 0 spiro atoms. The molecule has 1 atom stereocenters. The lowest BCUT2D eigenvalue weighted by molar-refractivity contribution is -0.132. The zero-order valence-corrected chi connectivity index (χ0v) is 13.3. The number of hydrogen-bond acceptors (Lipinski definition) is 4. The van der Waals surface area contributed by atoms with E-state index in [-0.39, 0.29) is 5.91 Å². The first-order valence-electron chi connectivity index (χ1n) is 7.01. The van der Waals surface area contributed by atoms with E-state index in [0.717, 1.165) is 17.1 Å². The number of rotatable bonds is 6. The van der Waals surface area contributed by atoms with Gasteiger partial charge in [0, 0.05) is 12.4 Å². The van der Waals surface area contributed by atoms with Crippen LogP contribution < -0.4 is 5.73 Å². The minimum Gasteiger partial charge on any atom is -0.338 e. The van der Waals surface area contributed by atoms with Crippen molar-refractivity contribution in [2.24, 2.45) is 5.73 Å². The summed E-state index contributed by atoms with van der Waals surface area (Å²) in [6.07, 6.45) is 1.47. The standard InChI is InChI=1S/C16H21N3OS/c1-12-18-14(11-21-12)10-19(2)16(20)15(17)9-8-13-6-4-3-5-7-13/h3-7,11,15H,8-10,17H2,1-2H3. The van der Waals surface area contributed by atoms with Crippen molar-refractivity contribution in [2.45, 2.75) is 32.4 Å². The van der Waals surface area contributed by atoms with Gasteiger partial charge in [0.25, 0.3) is 0 Å². The van der Waals surface area contributed by atoms with Gasteiger partial charge in [-0.05, 0) is 25.3 Å². The minimum absolute atomic E-state index is 0.0309. The quantitative estimate of drug-likeness (QED) is 0.891. The number of likely N-dealkylation sites (N-methyl/N-ethyl adjacent to an activating group) is 1. The summed E-state index contributed by atoms with van der Waals surface area (Å²) in [5.74, 6) is -0.0309. The summed E-state index contributed by atoms with van der Waals surface area (Å²) in [6.45, 7) is 2.48. The van der Waals surface area contributed by atoms with Crippen molar-refractivity contribution >= 4 is 17.2 Å². The largest absolute Gasteiger partial charge is 0.338 e. The first kappa shape index (κ1) is 15.7. The molecular formula is C16H21N3OS. The Morgan fingerprint density at radius 2 is 2.10 bits per heavy atom. The summed E-state index contributed by atoms with van der Waals surface area (Å²) in [5.41, 5.74) is 8.14. The van der Waals surface area contributed by atoms with Gasteiger partial charge in [-0.1, -0.05) is 30.3 Å². The lowest BCUT2D eigenvalue weighted by Crippen LogP contribution is -2.41. The molecule has 0 aliphatic carbocycles. The first-order chi connectivity index (χ1) is 10.1. The van der Waals surface area contributed by atoms with Gasteiger partial charge in [-0.25, -0.2) is 4.98 Å². The molecule has 5 heteroatoms. The molecule has 112 valence electrons. The fourth-order valence-electron chi connectivity index (χ4n) is 2.18. The van der Waals surface area contributed by atoms with Gasteiger partial charge in [0.05, 0.1) is 23.3 Å². The number of carbonyl (C=O) groups excluding carboxylic acids is 1. The summed E-state index contributed by atoms with van der Waals surface area (Å²) >= 11 is 1.59. The highest BCUT2D eigenvalue weighted by molar-refractivity contribution is 7.09. The van der Waals surface area contributed by atoms with E-state index in [1.165, 1.54) is 5.56 Å². The van der Waals surface area contributed by atoms with Gasteiger partial charge in [-0.2, -0.15) is 0 Å². The molecule has 0 bridgehead atoms. The van der Waals surface area contributed by atoms with Gasteiger partial charge < -0.3 is 10.6 Å². The van der Waals surface area contributed by atoms with E-state index < -0.39 is 6.04 Å². The molecule has 2 N–H and O–H groups in total. The van der Waals surface area contributed by atoms with Crippen LogP contribution in [0, 0.1) is 6.92 Å². The lowest BCUT2D eigenvalue weighted by atomic mass is 10.1. The Kier molecular flexibility index (Phi) is 5.47. The fourth-order valence-corrected chi connectivity index (χ4v) is 2.78. The maximum atomic E-state index is 12.3. The molecule has 0 saturated heterocycles. The maximum Gasteiger partial charge on any atom is 0.239 e. The van der Waals surface area contributed by atoms with Crippen LogP contribution in [0.1, 0.15) is 22.7 Å². The Bertz CT molecular complexity index is 582. The molecule has 2 aromatic rings. The van der Waals surface area contributed by atoms with Crippen molar-refractivity contribution in [2.75, 3.05) is 7.05 Å². The molecule has 2 rings (SSSR count). The molecule has 0 fully saturated rings. The predicted molar refractivity (Wildman–Crippen MR) is 86.1 cm³/mol. The Hall–Kier alpha value is -1.72. The van der Waals surface area contributed by atoms with Gasteiger partial charge in [-0.3, -0.25) is 4.79 Å². The van der Waals surface area contributed by atoms with Crippen molar-refractivity contribution in [3.63, 3.8) is 0 Å². The van der Waals surface area contributed by atoms with Crippen LogP contribution in [-0.4, -0.2) is 28.9 Å². The third kappa shape index (κ3) is 4.65. The van der Waals surface area contributed by atoms with E-state index >= 15 is 0 Å². The van der Waals surface area contributed by atoms with E-state index in [2.05, 4.69) is 17.1 Å². The maximum absolute atomic E-state index is 12.3. The summed E-state index contributed by atoms with van der Waals surface area (Å²) in [6, 6.07) is 9.63. The number of thiazole rings is 1. The predicted octanol–water partition coefficient (Wildman–Crippen LogP) is 2.37. The molecule has 1 aromatic heterocycles. The zero-order chi connectivity index (χ0) is 15.2. The smallest absolute Gasteiger partial charge is 0.239 e. The number of aromatic nitrogens is 1. The molecule has 0 aliphatic rings. The van der Waals surface area contributed by atoms with Crippen molar-refractivity contribution in [1.82, 2.24) is 9.88 Å². The number of carbonyl (C=O) groups is 1. The SMILES string of the molecule is Cc1nc(CN(C)C(=O)C(N)CCc2ccccc2)cs1. The molecule has 0 radical (unpaired) electrons. The third-order valence-corrected chi connectivity index (χ3v) is 4.17. The molecule has 1 amide bonds. The van der Waals surface area contributed by atoms with Crippen LogP contribution in [0.5, 0.6) is 0 Å². The van der Waals surface area contributed by atoms with Crippen LogP contribution >= 0.6 is 11.3 Å². The number of nitrogens with two attached hydrogens (primary N) is 1. The van der Waals surface area contributed by atoms with Crippen molar-refractivity contribution in [3.8, 4) is 0 Å². The van der Waals surface area contributed by atoms with E-state index in [1.54, 1.807) is 23.3 Å². The molecular weight excluding hydrogens is 282 g/mol. The second kappa shape index (κ2) is 7.33. The Labute approximate surface area is 129 Å². The summed E-state index contributed by atoms with van der Waals surface area (Å²) < 4.78 is 0. The highest BCUT2D eigenvalue weighted by atomic mass is 32.1. The van der Waals surface area contributed by atoms with Crippen LogP contribution in [0.3, 0.4) is 0 Å². The Morgan fingerprint density at radius 3 is 2.71 bits per heavy atom. The summed E-state index contributed by atoms with van der Waals surface area (Å²) in [5, 5.41) is 2.99. The van der Waals surface area contributed by atoms with Gasteiger partial charge in [-0.15, -0.1) is 11.3 Å². The van der Waals surface area contributed by atoms with Crippen molar-refractivity contribution < 1.29 is 4.79 Å². The van der Waals surface area contributed by atoms with Crippen molar-refractivity contribution in [1.29, 1.82) is 0 Å². The van der Waals surface area contributed by atoms with Crippen LogP contribution in [-0.2, 0) is 17.8 Å². The molecule has 4 nitrogen and oxygen atoms in total. The van der Waals surface area contributed by atoms with Crippen LogP contribution in [0.25, 0.3) is 0 Å². The van der Waals surface area contributed by atoms with Crippen LogP contribution in [0.4, 0.5) is 0 Å². The average molecular weight is 303 g/mol. The Morgan fingerprint density at radius 1 is 1.38 bits per heavy atom. The zero-order valence-electron chi connectivity index (χ0n) is 12.5. The van der Waals surface area contributed by atoms with Crippen LogP contribution in [0.2, 0.25) is 0 Å².